The van der Waals surface area contributed by atoms with E-state index in [0.717, 1.165) is 23.8 Å². The van der Waals surface area contributed by atoms with Crippen LogP contribution in [-0.2, 0) is 11.3 Å². The maximum Gasteiger partial charge on any atom is 0.289 e. The van der Waals surface area contributed by atoms with Gasteiger partial charge in [0.2, 0.25) is 5.91 Å². The number of carbonyl (C=O) groups is 2. The van der Waals surface area contributed by atoms with Crippen LogP contribution >= 0.6 is 0 Å². The number of nitrogens with one attached hydrogen (secondary N) is 2. The van der Waals surface area contributed by atoms with Crippen LogP contribution in [0.5, 0.6) is 0 Å². The molecule has 0 spiro atoms. The van der Waals surface area contributed by atoms with Crippen LogP contribution in [0, 0.1) is 0 Å². The number of nitrogens with zero attached hydrogens (tertiary/aromatic N) is 4. The second kappa shape index (κ2) is 9.55. The number of benzene rings is 1. The lowest BCUT2D eigenvalue weighted by Crippen LogP contribution is -2.53. The number of amides is 2. The standard InChI is InChI=1S/C22H28N6O3/c1-23-22(27-12-10-26(11-13-27)21(30)19-3-2-14-31-19)25-15-17-4-6-18(7-5-17)28-9-8-24-20(29)16-28/h2-7,14H,8-13,15-16H2,1H3,(H,23,25)(H,24,29). The molecule has 2 aromatic rings. The molecule has 1 aromatic heterocycles. The van der Waals surface area contributed by atoms with Gasteiger partial charge < -0.3 is 29.8 Å². The van der Waals surface area contributed by atoms with Gasteiger partial charge in [0.05, 0.1) is 12.8 Å². The van der Waals surface area contributed by atoms with Gasteiger partial charge in [-0.3, -0.25) is 14.6 Å². The van der Waals surface area contributed by atoms with Crippen molar-refractivity contribution in [2.45, 2.75) is 6.54 Å². The van der Waals surface area contributed by atoms with Gasteiger partial charge in [-0.05, 0) is 29.8 Å². The molecule has 2 aliphatic rings. The maximum absolute atomic E-state index is 12.4. The summed E-state index contributed by atoms with van der Waals surface area (Å²) in [6, 6.07) is 11.7. The molecule has 2 amide bonds. The van der Waals surface area contributed by atoms with E-state index in [4.69, 9.17) is 4.42 Å². The van der Waals surface area contributed by atoms with Crippen molar-refractivity contribution >= 4 is 23.5 Å². The minimum Gasteiger partial charge on any atom is -0.459 e. The van der Waals surface area contributed by atoms with Crippen molar-refractivity contribution in [2.24, 2.45) is 4.99 Å². The highest BCUT2D eigenvalue weighted by molar-refractivity contribution is 5.91. The predicted molar refractivity (Wildman–Crippen MR) is 118 cm³/mol. The molecule has 0 radical (unpaired) electrons. The molecule has 9 heteroatoms. The fourth-order valence-corrected chi connectivity index (χ4v) is 3.87. The summed E-state index contributed by atoms with van der Waals surface area (Å²) in [5.41, 5.74) is 2.19. The average Bonchev–Trinajstić information content (AvgIpc) is 3.35. The molecule has 3 heterocycles. The molecule has 2 saturated heterocycles. The zero-order valence-electron chi connectivity index (χ0n) is 17.7. The number of hydrogen-bond acceptors (Lipinski definition) is 5. The van der Waals surface area contributed by atoms with Crippen molar-refractivity contribution in [3.05, 3.63) is 54.0 Å². The molecule has 9 nitrogen and oxygen atoms in total. The van der Waals surface area contributed by atoms with Crippen LogP contribution in [0.1, 0.15) is 16.1 Å². The lowest BCUT2D eigenvalue weighted by molar-refractivity contribution is -0.120. The van der Waals surface area contributed by atoms with E-state index in [-0.39, 0.29) is 11.8 Å². The van der Waals surface area contributed by atoms with Crippen LogP contribution < -0.4 is 15.5 Å². The van der Waals surface area contributed by atoms with Crippen LogP contribution in [0.25, 0.3) is 0 Å². The molecule has 164 valence electrons. The van der Waals surface area contributed by atoms with Crippen LogP contribution in [0.3, 0.4) is 0 Å². The van der Waals surface area contributed by atoms with E-state index in [1.54, 1.807) is 19.2 Å². The highest BCUT2D eigenvalue weighted by atomic mass is 16.3. The molecule has 2 N–H and O–H groups in total. The SMILES string of the molecule is CN=C(NCc1ccc(N2CCNC(=O)C2)cc1)N1CCN(C(=O)c2ccco2)CC1. The first-order valence-corrected chi connectivity index (χ1v) is 10.5. The van der Waals surface area contributed by atoms with E-state index >= 15 is 0 Å². The van der Waals surface area contributed by atoms with E-state index in [2.05, 4.69) is 49.7 Å². The summed E-state index contributed by atoms with van der Waals surface area (Å²) in [7, 11) is 1.77. The van der Waals surface area contributed by atoms with E-state index in [9.17, 15) is 9.59 Å². The van der Waals surface area contributed by atoms with E-state index in [1.807, 2.05) is 4.90 Å². The summed E-state index contributed by atoms with van der Waals surface area (Å²) < 4.78 is 5.22. The van der Waals surface area contributed by atoms with Crippen molar-refractivity contribution in [3.8, 4) is 0 Å². The van der Waals surface area contributed by atoms with Gasteiger partial charge in [-0.1, -0.05) is 12.1 Å². The van der Waals surface area contributed by atoms with Crippen molar-refractivity contribution in [2.75, 3.05) is 57.8 Å². The monoisotopic (exact) mass is 424 g/mol. The number of aliphatic imine (C=N–C) groups is 1. The van der Waals surface area contributed by atoms with Gasteiger partial charge in [-0.2, -0.15) is 0 Å². The zero-order chi connectivity index (χ0) is 21.6. The number of anilines is 1. The van der Waals surface area contributed by atoms with Crippen LogP contribution in [0.2, 0.25) is 0 Å². The molecule has 0 aliphatic carbocycles. The van der Waals surface area contributed by atoms with Crippen molar-refractivity contribution in [1.82, 2.24) is 20.4 Å². The van der Waals surface area contributed by atoms with Gasteiger partial charge in [0.15, 0.2) is 11.7 Å². The Morgan fingerprint density at radius 3 is 2.48 bits per heavy atom. The first kappa shape index (κ1) is 20.8. The Morgan fingerprint density at radius 1 is 1.10 bits per heavy atom. The largest absolute Gasteiger partial charge is 0.459 e. The third-order valence-corrected chi connectivity index (χ3v) is 5.60. The fourth-order valence-electron chi connectivity index (χ4n) is 3.87. The molecule has 1 aromatic carbocycles. The lowest BCUT2D eigenvalue weighted by Gasteiger charge is -2.36. The number of hydrogen-bond donors (Lipinski definition) is 2. The van der Waals surface area contributed by atoms with E-state index < -0.39 is 0 Å². The van der Waals surface area contributed by atoms with Crippen LogP contribution in [-0.4, -0.2) is 80.4 Å². The van der Waals surface area contributed by atoms with Crippen molar-refractivity contribution in [1.29, 1.82) is 0 Å². The Kier molecular flexibility index (Phi) is 6.40. The summed E-state index contributed by atoms with van der Waals surface area (Å²) in [5, 5.41) is 6.25. The third-order valence-electron chi connectivity index (χ3n) is 5.60. The quantitative estimate of drug-likeness (QED) is 0.556. The molecule has 31 heavy (non-hydrogen) atoms. The molecule has 0 bridgehead atoms. The molecule has 2 fully saturated rings. The molecule has 4 rings (SSSR count). The fraction of sp³-hybridized carbons (Fsp3) is 0.409. The first-order valence-electron chi connectivity index (χ1n) is 10.5. The molecule has 2 aliphatic heterocycles. The summed E-state index contributed by atoms with van der Waals surface area (Å²) in [6.07, 6.45) is 1.52. The molecular formula is C22H28N6O3. The topological polar surface area (TPSA) is 93.4 Å². The number of furan rings is 1. The number of rotatable bonds is 4. The first-order chi connectivity index (χ1) is 15.1. The van der Waals surface area contributed by atoms with Gasteiger partial charge >= 0.3 is 0 Å². The highest BCUT2D eigenvalue weighted by Gasteiger charge is 2.25. The highest BCUT2D eigenvalue weighted by Crippen LogP contribution is 2.16. The summed E-state index contributed by atoms with van der Waals surface area (Å²) in [5.74, 6) is 1.19. The summed E-state index contributed by atoms with van der Waals surface area (Å²) >= 11 is 0. The van der Waals surface area contributed by atoms with Crippen LogP contribution in [0.4, 0.5) is 5.69 Å². The Morgan fingerprint density at radius 2 is 1.84 bits per heavy atom. The molecule has 0 saturated carbocycles. The second-order valence-corrected chi connectivity index (χ2v) is 7.60. The predicted octanol–water partition coefficient (Wildman–Crippen LogP) is 0.749. The Bertz CT molecular complexity index is 917. The Labute approximate surface area is 181 Å². The second-order valence-electron chi connectivity index (χ2n) is 7.60. The third kappa shape index (κ3) is 4.99. The number of piperazine rings is 2. The van der Waals surface area contributed by atoms with E-state index in [1.165, 1.54) is 6.26 Å². The normalized spacial score (nSPS) is 17.5. The number of guanidine groups is 1. The van der Waals surface area contributed by atoms with Gasteiger partial charge in [0, 0.05) is 58.5 Å². The van der Waals surface area contributed by atoms with E-state index in [0.29, 0.717) is 51.6 Å². The van der Waals surface area contributed by atoms with Crippen molar-refractivity contribution in [3.63, 3.8) is 0 Å². The van der Waals surface area contributed by atoms with Gasteiger partial charge in [-0.15, -0.1) is 0 Å². The minimum atomic E-state index is -0.0705. The smallest absolute Gasteiger partial charge is 0.289 e. The molecular weight excluding hydrogens is 396 g/mol. The average molecular weight is 425 g/mol. The zero-order valence-corrected chi connectivity index (χ0v) is 17.7. The molecule has 0 atom stereocenters. The Hall–Kier alpha value is -3.49. The summed E-state index contributed by atoms with van der Waals surface area (Å²) in [4.78, 5) is 34.5. The number of carbonyl (C=O) groups excluding carboxylic acids is 2. The van der Waals surface area contributed by atoms with Gasteiger partial charge in [0.25, 0.3) is 5.91 Å². The minimum absolute atomic E-state index is 0.0618. The Balaban J connectivity index is 1.27. The molecule has 0 unspecified atom stereocenters. The van der Waals surface area contributed by atoms with Crippen LogP contribution in [0.15, 0.2) is 52.1 Å². The van der Waals surface area contributed by atoms with Gasteiger partial charge in [-0.25, -0.2) is 0 Å². The lowest BCUT2D eigenvalue weighted by atomic mass is 10.2. The maximum atomic E-state index is 12.4. The summed E-state index contributed by atoms with van der Waals surface area (Å²) in [6.45, 7) is 5.22. The van der Waals surface area contributed by atoms with Crippen molar-refractivity contribution < 1.29 is 14.0 Å². The van der Waals surface area contributed by atoms with Gasteiger partial charge in [0.1, 0.15) is 0 Å².